The van der Waals surface area contributed by atoms with Gasteiger partial charge in [0.15, 0.2) is 5.96 Å². The lowest BCUT2D eigenvalue weighted by Gasteiger charge is -2.07. The minimum Gasteiger partial charge on any atom is -0.494 e. The Labute approximate surface area is 129 Å². The fourth-order valence-corrected chi connectivity index (χ4v) is 1.81. The SMILES string of the molecule is Cc1ccc(NC(N)=NCCCOc2ccc(F)cc2)cc1. The highest BCUT2D eigenvalue weighted by molar-refractivity contribution is 5.92. The van der Waals surface area contributed by atoms with Gasteiger partial charge in [0, 0.05) is 18.7 Å². The molecule has 0 saturated carbocycles. The molecule has 0 unspecified atom stereocenters. The van der Waals surface area contributed by atoms with E-state index in [0.717, 1.165) is 12.1 Å². The van der Waals surface area contributed by atoms with Crippen molar-refractivity contribution in [1.29, 1.82) is 0 Å². The van der Waals surface area contributed by atoms with Crippen LogP contribution in [0, 0.1) is 12.7 Å². The zero-order valence-electron chi connectivity index (χ0n) is 12.6. The van der Waals surface area contributed by atoms with Crippen molar-refractivity contribution in [3.63, 3.8) is 0 Å². The number of aryl methyl sites for hydroxylation is 1. The molecule has 3 N–H and O–H groups in total. The molecule has 0 aliphatic carbocycles. The number of benzene rings is 2. The molecule has 2 aromatic rings. The molecule has 0 saturated heterocycles. The van der Waals surface area contributed by atoms with Crippen molar-refractivity contribution >= 4 is 11.6 Å². The number of anilines is 1. The smallest absolute Gasteiger partial charge is 0.193 e. The third-order valence-electron chi connectivity index (χ3n) is 2.99. The topological polar surface area (TPSA) is 59.6 Å². The lowest BCUT2D eigenvalue weighted by Crippen LogP contribution is -2.23. The van der Waals surface area contributed by atoms with Crippen LogP contribution < -0.4 is 15.8 Å². The normalized spacial score (nSPS) is 11.3. The fourth-order valence-electron chi connectivity index (χ4n) is 1.81. The average molecular weight is 301 g/mol. The van der Waals surface area contributed by atoms with E-state index in [4.69, 9.17) is 10.5 Å². The summed E-state index contributed by atoms with van der Waals surface area (Å²) in [5.41, 5.74) is 7.92. The van der Waals surface area contributed by atoms with Gasteiger partial charge < -0.3 is 15.8 Å². The first kappa shape index (κ1) is 15.8. The monoisotopic (exact) mass is 301 g/mol. The standard InChI is InChI=1S/C17H20FN3O/c1-13-3-7-15(8-4-13)21-17(19)20-11-2-12-22-16-9-5-14(18)6-10-16/h3-10H,2,11-12H2,1H3,(H3,19,20,21). The Hall–Kier alpha value is -2.56. The van der Waals surface area contributed by atoms with Crippen LogP contribution in [0.4, 0.5) is 10.1 Å². The maximum Gasteiger partial charge on any atom is 0.193 e. The van der Waals surface area contributed by atoms with E-state index in [1.165, 1.54) is 17.7 Å². The van der Waals surface area contributed by atoms with Crippen molar-refractivity contribution in [2.45, 2.75) is 13.3 Å². The van der Waals surface area contributed by atoms with E-state index in [-0.39, 0.29) is 5.82 Å². The zero-order valence-corrected chi connectivity index (χ0v) is 12.6. The number of ether oxygens (including phenoxy) is 1. The van der Waals surface area contributed by atoms with Gasteiger partial charge in [-0.25, -0.2) is 4.39 Å². The van der Waals surface area contributed by atoms with E-state index in [9.17, 15) is 4.39 Å². The predicted octanol–water partition coefficient (Wildman–Crippen LogP) is 3.33. The van der Waals surface area contributed by atoms with Gasteiger partial charge in [0.2, 0.25) is 0 Å². The number of hydrogen-bond acceptors (Lipinski definition) is 2. The number of aliphatic imine (C=N–C) groups is 1. The van der Waals surface area contributed by atoms with Gasteiger partial charge in [0.1, 0.15) is 11.6 Å². The molecule has 2 aromatic carbocycles. The third-order valence-corrected chi connectivity index (χ3v) is 2.99. The quantitative estimate of drug-likeness (QED) is 0.489. The molecule has 2 rings (SSSR count). The van der Waals surface area contributed by atoms with Crippen LogP contribution in [-0.2, 0) is 0 Å². The van der Waals surface area contributed by atoms with Crippen molar-refractivity contribution in [2.75, 3.05) is 18.5 Å². The predicted molar refractivity (Wildman–Crippen MR) is 87.8 cm³/mol. The highest BCUT2D eigenvalue weighted by Crippen LogP contribution is 2.11. The van der Waals surface area contributed by atoms with Crippen molar-refractivity contribution in [1.82, 2.24) is 0 Å². The molecule has 0 aliphatic heterocycles. The first-order valence-electron chi connectivity index (χ1n) is 7.15. The Kier molecular flexibility index (Phi) is 5.77. The second kappa shape index (κ2) is 8.02. The molecular weight excluding hydrogens is 281 g/mol. The first-order chi connectivity index (χ1) is 10.6. The third kappa shape index (κ3) is 5.44. The Balaban J connectivity index is 1.68. The number of guanidine groups is 1. The molecule has 0 radical (unpaired) electrons. The number of rotatable bonds is 6. The van der Waals surface area contributed by atoms with Gasteiger partial charge in [-0.2, -0.15) is 0 Å². The summed E-state index contributed by atoms with van der Waals surface area (Å²) in [7, 11) is 0. The van der Waals surface area contributed by atoms with E-state index in [1.54, 1.807) is 12.1 Å². The fraction of sp³-hybridized carbons (Fsp3) is 0.235. The Morgan fingerprint density at radius 2 is 1.82 bits per heavy atom. The molecule has 0 atom stereocenters. The molecule has 4 nitrogen and oxygen atoms in total. The van der Waals surface area contributed by atoms with Gasteiger partial charge in [-0.15, -0.1) is 0 Å². The van der Waals surface area contributed by atoms with Crippen LogP contribution in [0.25, 0.3) is 0 Å². The summed E-state index contributed by atoms with van der Waals surface area (Å²) < 4.78 is 18.2. The molecule has 0 bridgehead atoms. The van der Waals surface area contributed by atoms with E-state index < -0.39 is 0 Å². The summed E-state index contributed by atoms with van der Waals surface area (Å²) in [5, 5.41) is 3.03. The molecule has 0 aliphatic rings. The van der Waals surface area contributed by atoms with Crippen molar-refractivity contribution in [3.05, 3.63) is 59.9 Å². The number of hydrogen-bond donors (Lipinski definition) is 2. The zero-order chi connectivity index (χ0) is 15.8. The van der Waals surface area contributed by atoms with E-state index >= 15 is 0 Å². The number of nitrogens with two attached hydrogens (primary N) is 1. The first-order valence-corrected chi connectivity index (χ1v) is 7.15. The van der Waals surface area contributed by atoms with Crippen LogP contribution in [0.15, 0.2) is 53.5 Å². The van der Waals surface area contributed by atoms with Crippen LogP contribution in [0.3, 0.4) is 0 Å². The Bertz CT molecular complexity index is 609. The van der Waals surface area contributed by atoms with Crippen molar-refractivity contribution in [3.8, 4) is 5.75 Å². The van der Waals surface area contributed by atoms with Crippen LogP contribution in [0.1, 0.15) is 12.0 Å². The van der Waals surface area contributed by atoms with E-state index in [1.807, 2.05) is 31.2 Å². The summed E-state index contributed by atoms with van der Waals surface area (Å²) >= 11 is 0. The van der Waals surface area contributed by atoms with Gasteiger partial charge in [-0.1, -0.05) is 17.7 Å². The minimum atomic E-state index is -0.271. The van der Waals surface area contributed by atoms with Crippen molar-refractivity contribution < 1.29 is 9.13 Å². The maximum absolute atomic E-state index is 12.7. The van der Waals surface area contributed by atoms with E-state index in [2.05, 4.69) is 10.3 Å². The molecule has 116 valence electrons. The molecular formula is C17H20FN3O. The summed E-state index contributed by atoms with van der Waals surface area (Å²) in [5.74, 6) is 0.758. The molecule has 0 aromatic heterocycles. The van der Waals surface area contributed by atoms with Gasteiger partial charge in [-0.3, -0.25) is 4.99 Å². The maximum atomic E-state index is 12.7. The number of nitrogens with zero attached hydrogens (tertiary/aromatic N) is 1. The Morgan fingerprint density at radius 3 is 2.50 bits per heavy atom. The molecule has 22 heavy (non-hydrogen) atoms. The average Bonchev–Trinajstić information content (AvgIpc) is 2.51. The van der Waals surface area contributed by atoms with Crippen LogP contribution in [0.5, 0.6) is 5.75 Å². The van der Waals surface area contributed by atoms with Crippen LogP contribution >= 0.6 is 0 Å². The number of halogens is 1. The van der Waals surface area contributed by atoms with E-state index in [0.29, 0.717) is 24.9 Å². The summed E-state index contributed by atoms with van der Waals surface area (Å²) in [6.45, 7) is 3.10. The highest BCUT2D eigenvalue weighted by Gasteiger charge is 1.96. The van der Waals surface area contributed by atoms with Gasteiger partial charge in [0.25, 0.3) is 0 Å². The van der Waals surface area contributed by atoms with Gasteiger partial charge in [0.05, 0.1) is 6.61 Å². The summed E-state index contributed by atoms with van der Waals surface area (Å²) in [4.78, 5) is 4.23. The molecule has 5 heteroatoms. The van der Waals surface area contributed by atoms with Gasteiger partial charge in [-0.05, 0) is 43.3 Å². The second-order valence-electron chi connectivity index (χ2n) is 4.91. The largest absolute Gasteiger partial charge is 0.494 e. The molecule has 0 heterocycles. The highest BCUT2D eigenvalue weighted by atomic mass is 19.1. The minimum absolute atomic E-state index is 0.271. The summed E-state index contributed by atoms with van der Waals surface area (Å²) in [6.07, 6.45) is 0.730. The van der Waals surface area contributed by atoms with Crippen LogP contribution in [0.2, 0.25) is 0 Å². The van der Waals surface area contributed by atoms with Crippen LogP contribution in [-0.4, -0.2) is 19.1 Å². The summed E-state index contributed by atoms with van der Waals surface area (Å²) in [6, 6.07) is 13.9. The lowest BCUT2D eigenvalue weighted by molar-refractivity contribution is 0.313. The lowest BCUT2D eigenvalue weighted by atomic mass is 10.2. The number of nitrogens with one attached hydrogen (secondary N) is 1. The molecule has 0 amide bonds. The molecule has 0 fully saturated rings. The Morgan fingerprint density at radius 1 is 1.14 bits per heavy atom. The van der Waals surface area contributed by atoms with Gasteiger partial charge >= 0.3 is 0 Å². The van der Waals surface area contributed by atoms with Crippen molar-refractivity contribution in [2.24, 2.45) is 10.7 Å². The molecule has 0 spiro atoms. The second-order valence-corrected chi connectivity index (χ2v) is 4.91.